The molecule has 0 fully saturated rings. The first-order chi connectivity index (χ1) is 65.7. The molecular weight excluding hydrogens is 1650 g/mol. The van der Waals surface area contributed by atoms with E-state index in [4.69, 9.17) is 0 Å². The molecule has 7 nitrogen and oxygen atoms in total. The summed E-state index contributed by atoms with van der Waals surface area (Å²) in [5.74, 6) is 0. The summed E-state index contributed by atoms with van der Waals surface area (Å²) >= 11 is 0. The molecule has 20 rings (SSSR count). The van der Waals surface area contributed by atoms with Crippen molar-refractivity contribution < 1.29 is 32.0 Å². The Morgan fingerprint density at radius 1 is 0.199 bits per heavy atom. The normalized spacial score (nSPS) is 13.1. The quantitative estimate of drug-likeness (QED) is 0.0863. The smallest absolute Gasteiger partial charge is 0.204 e. The maximum atomic E-state index is 2.42. The van der Waals surface area contributed by atoms with Gasteiger partial charge in [-0.1, -0.05) is 261 Å². The van der Waals surface area contributed by atoms with Gasteiger partial charge in [-0.25, -0.2) is 22.8 Å². The zero-order chi connectivity index (χ0) is 95.5. The maximum absolute atomic E-state index is 2.42. The van der Waals surface area contributed by atoms with Gasteiger partial charge in [-0.2, -0.15) is 9.13 Å². The van der Waals surface area contributed by atoms with E-state index < -0.39 is 0 Å². The average Bonchev–Trinajstić information content (AvgIpc) is 0.727. The molecule has 7 aromatic heterocycles. The van der Waals surface area contributed by atoms with E-state index in [0.29, 0.717) is 0 Å². The van der Waals surface area contributed by atoms with Crippen LogP contribution in [0, 0.1) is 62.3 Å². The molecule has 672 valence electrons. The summed E-state index contributed by atoms with van der Waals surface area (Å²) in [6, 6.07) is 139. The largest absolute Gasteiger partial charge is 0.213 e. The molecule has 0 N–H and O–H groups in total. The lowest BCUT2D eigenvalue weighted by molar-refractivity contribution is -0.691. The molecule has 20 aromatic rings. The van der Waals surface area contributed by atoms with Crippen LogP contribution in [0.5, 0.6) is 0 Å². The van der Waals surface area contributed by atoms with E-state index in [1.807, 2.05) is 0 Å². The van der Waals surface area contributed by atoms with Crippen molar-refractivity contribution in [1.29, 1.82) is 0 Å². The summed E-state index contributed by atoms with van der Waals surface area (Å²) < 4.78 is 16.0. The number of pyridine rings is 7. The summed E-state index contributed by atoms with van der Waals surface area (Å²) in [6.07, 6.45) is 10.8. The van der Waals surface area contributed by atoms with Crippen molar-refractivity contribution in [1.82, 2.24) is 0 Å². The Balaban J connectivity index is 0.000000126. The summed E-state index contributed by atoms with van der Waals surface area (Å²) in [4.78, 5) is 0. The Morgan fingerprint density at radius 3 is 0.985 bits per heavy atom. The standard InChI is InChI=1S/C33H32N.3C32H32N2/c1-23-14-6-9-17-27(23)32-25(3)30(22-26-16-8-10-18-28(26)32)33(4,29-19-11-7-15-24(29)2)31-20-12-13-21-34(31)5;1-23-14-6-9-17-26(23)29-22-25-16-8-10-18-27(25)31(34(29)5)32(3,28-19-11-7-15-24(28)2)30-20-12-13-21-33(30)4;1-23-13-6-9-17-28(23)32(3,31-19-10-11-20-33(31)4)29-18-12-16-27(24(29)2)30-21-25-14-7-8-15-26(25)22-34(30)5;1-23-13-6-8-16-27(23)32(3,31-19-10-11-22-33(31)4)28-17-12-15-26(24(28)2)30-21-20-25-14-7-9-18-29(25)34(30)5/h4*6-22H,1-5H3/q+1;3*+2. The SMILES string of the molecule is Cc1ccccc1-c1c(C)c(C(C)(c2ccccc2C)c2cccc[n+]2C)cc2ccccc12.Cc1ccccc1-c1cc2ccccc2c(C(C)(c2ccccc2C)c2cccc[n+]2C)[n+]1C.Cc1ccccc1C(C)(c1cccc(-c2cc3ccccc3c[n+]2C)c1C)c1cccc[n+]1C.Cc1ccccc1C(C)(c1cccc(-c2ccc3ccccc3[n+]2C)c1C)c1cccc[n+]1C. The number of aryl methyl sites for hydroxylation is 12. The monoisotopic (exact) mass is 1780 g/mol. The van der Waals surface area contributed by atoms with Gasteiger partial charge in [-0.15, -0.1) is 0 Å². The van der Waals surface area contributed by atoms with Gasteiger partial charge in [0.1, 0.15) is 65.6 Å². The predicted octanol–water partition coefficient (Wildman–Crippen LogP) is 26.0. The topological polar surface area (TPSA) is 27.2 Å². The van der Waals surface area contributed by atoms with Crippen LogP contribution in [0.3, 0.4) is 0 Å². The summed E-state index contributed by atoms with van der Waals surface area (Å²) in [6.45, 7) is 29.7. The minimum absolute atomic E-state index is 0.309. The van der Waals surface area contributed by atoms with Crippen molar-refractivity contribution in [3.8, 4) is 44.9 Å². The molecule has 0 saturated carbocycles. The fourth-order valence-corrected chi connectivity index (χ4v) is 22.7. The first-order valence-corrected chi connectivity index (χ1v) is 47.8. The molecule has 0 aliphatic rings. The molecule has 0 radical (unpaired) electrons. The second-order valence-corrected chi connectivity index (χ2v) is 38.0. The minimum Gasteiger partial charge on any atom is -0.204 e. The third-order valence-corrected chi connectivity index (χ3v) is 29.7. The van der Waals surface area contributed by atoms with Crippen LogP contribution in [0.2, 0.25) is 0 Å². The molecule has 0 saturated heterocycles. The van der Waals surface area contributed by atoms with Crippen LogP contribution in [0.4, 0.5) is 0 Å². The number of aromatic nitrogens is 7. The molecule has 136 heavy (non-hydrogen) atoms. The van der Waals surface area contributed by atoms with Gasteiger partial charge in [0, 0.05) is 100 Å². The van der Waals surface area contributed by atoms with Crippen LogP contribution < -0.4 is 32.0 Å². The van der Waals surface area contributed by atoms with Crippen molar-refractivity contribution in [2.45, 2.75) is 112 Å². The summed E-state index contributed by atoms with van der Waals surface area (Å²) in [5, 5.41) is 8.88. The highest BCUT2D eigenvalue weighted by molar-refractivity contribution is 6.00. The van der Waals surface area contributed by atoms with Crippen molar-refractivity contribution in [3.63, 3.8) is 0 Å². The predicted molar refractivity (Wildman–Crippen MR) is 562 cm³/mol. The molecular formula is C129H128N7+7. The lowest BCUT2D eigenvalue weighted by Gasteiger charge is -2.33. The van der Waals surface area contributed by atoms with E-state index in [0.717, 1.165) is 0 Å². The highest BCUT2D eigenvalue weighted by atomic mass is 15.0. The van der Waals surface area contributed by atoms with E-state index in [-0.39, 0.29) is 21.7 Å². The minimum atomic E-state index is -0.381. The van der Waals surface area contributed by atoms with Gasteiger partial charge < -0.3 is 0 Å². The Kier molecular flexibility index (Phi) is 26.5. The fraction of sp³-hybridized carbons (Fsp3) is 0.186. The average molecular weight is 1780 g/mol. The molecule has 0 spiro atoms. The maximum Gasteiger partial charge on any atom is 0.213 e. The van der Waals surface area contributed by atoms with Crippen molar-refractivity contribution in [2.75, 3.05) is 0 Å². The number of rotatable bonds is 16. The van der Waals surface area contributed by atoms with E-state index in [1.54, 1.807) is 0 Å². The van der Waals surface area contributed by atoms with Crippen molar-refractivity contribution in [3.05, 3.63) is 531 Å². The Hall–Kier alpha value is -15.1. The zero-order valence-corrected chi connectivity index (χ0v) is 82.9. The van der Waals surface area contributed by atoms with E-state index in [9.17, 15) is 0 Å². The van der Waals surface area contributed by atoms with Crippen molar-refractivity contribution in [2.24, 2.45) is 49.3 Å². The number of nitrogens with zero attached hydrogens (tertiary/aromatic N) is 7. The van der Waals surface area contributed by atoms with Crippen LogP contribution >= 0.6 is 0 Å². The van der Waals surface area contributed by atoms with Gasteiger partial charge in [-0.3, -0.25) is 0 Å². The fourth-order valence-electron chi connectivity index (χ4n) is 22.7. The highest BCUT2D eigenvalue weighted by Gasteiger charge is 2.49. The molecule has 0 amide bonds. The lowest BCUT2D eigenvalue weighted by atomic mass is 9.68. The number of para-hydroxylation sites is 1. The van der Waals surface area contributed by atoms with Crippen LogP contribution in [0.25, 0.3) is 88.1 Å². The van der Waals surface area contributed by atoms with Gasteiger partial charge >= 0.3 is 0 Å². The van der Waals surface area contributed by atoms with Gasteiger partial charge in [0.05, 0.1) is 5.39 Å². The summed E-state index contributed by atoms with van der Waals surface area (Å²) in [5.41, 5.74) is 37.5. The lowest BCUT2D eigenvalue weighted by Crippen LogP contribution is -2.50. The first-order valence-electron chi connectivity index (χ1n) is 47.8. The molecule has 0 aliphatic carbocycles. The Bertz CT molecular complexity index is 7560. The van der Waals surface area contributed by atoms with Gasteiger partial charge in [-0.05, 0) is 260 Å². The second kappa shape index (κ2) is 38.9. The third kappa shape index (κ3) is 17.0. The first kappa shape index (κ1) is 92.8. The van der Waals surface area contributed by atoms with E-state index in [1.165, 1.54) is 206 Å². The Labute approximate surface area is 806 Å². The molecule has 0 aliphatic heterocycles. The van der Waals surface area contributed by atoms with Crippen LogP contribution in [-0.4, -0.2) is 0 Å². The van der Waals surface area contributed by atoms with E-state index in [2.05, 4.69) is 584 Å². The van der Waals surface area contributed by atoms with E-state index >= 15 is 0 Å². The highest BCUT2D eigenvalue weighted by Crippen LogP contribution is 2.49. The second-order valence-electron chi connectivity index (χ2n) is 38.0. The number of hydrogen-bond acceptors (Lipinski definition) is 0. The molecule has 7 heteroatoms. The van der Waals surface area contributed by atoms with Crippen LogP contribution in [0.1, 0.15) is 145 Å². The number of benzene rings is 13. The van der Waals surface area contributed by atoms with Gasteiger partial charge in [0.15, 0.2) is 53.5 Å². The van der Waals surface area contributed by atoms with Crippen LogP contribution in [0.15, 0.2) is 413 Å². The molecule has 0 bridgehead atoms. The molecule has 4 atom stereocenters. The zero-order valence-electron chi connectivity index (χ0n) is 82.9. The van der Waals surface area contributed by atoms with Gasteiger partial charge in [0.25, 0.3) is 0 Å². The van der Waals surface area contributed by atoms with Gasteiger partial charge in [0.2, 0.25) is 34.0 Å². The molecule has 4 unspecified atom stereocenters. The molecule has 13 aromatic carbocycles. The number of fused-ring (bicyclic) bond motifs is 4. The Morgan fingerprint density at radius 2 is 0.529 bits per heavy atom. The summed E-state index contributed by atoms with van der Waals surface area (Å²) in [7, 11) is 15.1. The third-order valence-electron chi connectivity index (χ3n) is 29.7. The molecule has 7 heterocycles. The van der Waals surface area contributed by atoms with Crippen molar-refractivity contribution >= 4 is 43.2 Å². The van der Waals surface area contributed by atoms with Crippen LogP contribution in [-0.2, 0) is 71.0 Å². The number of hydrogen-bond donors (Lipinski definition) is 0.